The molecule has 1 heterocycles. The average Bonchev–Trinajstić information content (AvgIpc) is 3.18. The van der Waals surface area contributed by atoms with E-state index in [1.165, 1.54) is 35.5 Å². The van der Waals surface area contributed by atoms with Crippen LogP contribution in [-0.4, -0.2) is 26.5 Å². The fourth-order valence-electron chi connectivity index (χ4n) is 3.96. The molecule has 0 bridgehead atoms. The van der Waals surface area contributed by atoms with Crippen molar-refractivity contribution in [3.63, 3.8) is 0 Å². The van der Waals surface area contributed by atoms with E-state index in [1.807, 2.05) is 0 Å². The standard InChI is InChI=1S/C25H23ClF3N3O3S.ClH/c1-30-13-17-14-32(36(33,34)15-16-4-3-5-20(10-16)35-2)24-12-19(7-8-21(17)24)31-23-9-6-18(26)11-22(23)25(27,28)29;/h3-12,14,30-31H,13,15H2,1-2H3;1H. The van der Waals surface area contributed by atoms with Gasteiger partial charge in [-0.2, -0.15) is 13.2 Å². The van der Waals surface area contributed by atoms with Crippen LogP contribution >= 0.6 is 24.0 Å². The summed E-state index contributed by atoms with van der Waals surface area (Å²) in [6.45, 7) is 0.403. The molecule has 0 aliphatic heterocycles. The number of alkyl halides is 3. The number of hydrogen-bond donors (Lipinski definition) is 2. The van der Waals surface area contributed by atoms with Crippen molar-refractivity contribution >= 4 is 56.3 Å². The van der Waals surface area contributed by atoms with Gasteiger partial charge in [0, 0.05) is 28.8 Å². The van der Waals surface area contributed by atoms with Crippen molar-refractivity contribution in [2.45, 2.75) is 18.5 Å². The van der Waals surface area contributed by atoms with E-state index >= 15 is 0 Å². The van der Waals surface area contributed by atoms with E-state index in [0.29, 0.717) is 34.4 Å². The van der Waals surface area contributed by atoms with E-state index in [2.05, 4.69) is 10.6 Å². The van der Waals surface area contributed by atoms with Crippen LogP contribution in [0, 0.1) is 0 Å². The number of hydrogen-bond acceptors (Lipinski definition) is 5. The molecule has 12 heteroatoms. The SMILES string of the molecule is CNCc1cn(S(=O)(=O)Cc2cccc(OC)c2)c2cc(Nc3ccc(Cl)cc3C(F)(F)F)ccc12.Cl. The van der Waals surface area contributed by atoms with Gasteiger partial charge in [0.05, 0.1) is 29.6 Å². The first-order valence-corrected chi connectivity index (χ1v) is 12.8. The van der Waals surface area contributed by atoms with Crippen molar-refractivity contribution in [3.8, 4) is 5.75 Å². The van der Waals surface area contributed by atoms with E-state index in [0.717, 1.165) is 11.6 Å². The summed E-state index contributed by atoms with van der Waals surface area (Å²) in [5.74, 6) is 0.242. The molecule has 0 saturated heterocycles. The van der Waals surface area contributed by atoms with Gasteiger partial charge in [0.2, 0.25) is 10.0 Å². The van der Waals surface area contributed by atoms with Gasteiger partial charge >= 0.3 is 6.18 Å². The summed E-state index contributed by atoms with van der Waals surface area (Å²) in [5, 5.41) is 6.40. The van der Waals surface area contributed by atoms with Crippen LogP contribution in [0.1, 0.15) is 16.7 Å². The van der Waals surface area contributed by atoms with Crippen molar-refractivity contribution in [3.05, 3.63) is 88.6 Å². The fraction of sp³-hybridized carbons (Fsp3) is 0.200. The summed E-state index contributed by atoms with van der Waals surface area (Å²) < 4.78 is 73.9. The number of halogens is 5. The number of nitrogens with one attached hydrogen (secondary N) is 2. The molecule has 3 aromatic carbocycles. The molecule has 2 N–H and O–H groups in total. The summed E-state index contributed by atoms with van der Waals surface area (Å²) in [5.41, 5.74) is 0.788. The Morgan fingerprint density at radius 1 is 1.05 bits per heavy atom. The quantitative estimate of drug-likeness (QED) is 0.249. The van der Waals surface area contributed by atoms with Gasteiger partial charge in [-0.1, -0.05) is 29.8 Å². The van der Waals surface area contributed by atoms with Crippen molar-refractivity contribution in [1.82, 2.24) is 9.29 Å². The molecule has 0 unspecified atom stereocenters. The van der Waals surface area contributed by atoms with Crippen LogP contribution in [-0.2, 0) is 28.5 Å². The highest BCUT2D eigenvalue weighted by molar-refractivity contribution is 7.89. The van der Waals surface area contributed by atoms with Crippen LogP contribution in [0.25, 0.3) is 10.9 Å². The van der Waals surface area contributed by atoms with Gasteiger partial charge in [-0.3, -0.25) is 0 Å². The Balaban J connectivity index is 0.00000380. The molecule has 0 fully saturated rings. The maximum Gasteiger partial charge on any atom is 0.418 e. The second-order valence-electron chi connectivity index (χ2n) is 8.13. The number of benzene rings is 3. The van der Waals surface area contributed by atoms with Crippen LogP contribution in [0.15, 0.2) is 66.9 Å². The van der Waals surface area contributed by atoms with E-state index in [4.69, 9.17) is 16.3 Å². The lowest BCUT2D eigenvalue weighted by molar-refractivity contribution is -0.136. The molecule has 0 atom stereocenters. The van der Waals surface area contributed by atoms with Gasteiger partial charge in [-0.25, -0.2) is 12.4 Å². The lowest BCUT2D eigenvalue weighted by atomic mass is 10.1. The highest BCUT2D eigenvalue weighted by atomic mass is 35.5. The average molecular weight is 574 g/mol. The second-order valence-corrected chi connectivity index (χ2v) is 10.4. The van der Waals surface area contributed by atoms with E-state index < -0.39 is 21.8 Å². The van der Waals surface area contributed by atoms with Gasteiger partial charge < -0.3 is 15.4 Å². The minimum Gasteiger partial charge on any atom is -0.497 e. The lowest BCUT2D eigenvalue weighted by Gasteiger charge is -2.15. The highest BCUT2D eigenvalue weighted by Crippen LogP contribution is 2.38. The first kappa shape index (κ1) is 28.6. The van der Waals surface area contributed by atoms with Crippen molar-refractivity contribution in [1.29, 1.82) is 0 Å². The minimum absolute atomic E-state index is 0. The van der Waals surface area contributed by atoms with Crippen LogP contribution < -0.4 is 15.4 Å². The molecule has 0 radical (unpaired) electrons. The number of nitrogens with zero attached hydrogens (tertiary/aromatic N) is 1. The molecule has 6 nitrogen and oxygen atoms in total. The predicted molar refractivity (Wildman–Crippen MR) is 143 cm³/mol. The number of rotatable bonds is 8. The molecule has 4 rings (SSSR count). The van der Waals surface area contributed by atoms with Crippen LogP contribution in [0.2, 0.25) is 5.02 Å². The number of fused-ring (bicyclic) bond motifs is 1. The monoisotopic (exact) mass is 573 g/mol. The van der Waals surface area contributed by atoms with Gasteiger partial charge in [-0.15, -0.1) is 12.4 Å². The van der Waals surface area contributed by atoms with Crippen molar-refractivity contribution < 1.29 is 26.3 Å². The Kier molecular flexibility index (Phi) is 8.69. The minimum atomic E-state index is -4.63. The number of aromatic nitrogens is 1. The number of ether oxygens (including phenoxy) is 1. The maximum absolute atomic E-state index is 13.6. The number of anilines is 2. The zero-order valence-electron chi connectivity index (χ0n) is 19.8. The molecule has 4 aromatic rings. The molecule has 0 aliphatic rings. The smallest absolute Gasteiger partial charge is 0.418 e. The van der Waals surface area contributed by atoms with E-state index in [-0.39, 0.29) is 28.9 Å². The van der Waals surface area contributed by atoms with Crippen molar-refractivity contribution in [2.24, 2.45) is 0 Å². The predicted octanol–water partition coefficient (Wildman–Crippen LogP) is 6.59. The Hall–Kier alpha value is -2.92. The van der Waals surface area contributed by atoms with Crippen LogP contribution in [0.3, 0.4) is 0 Å². The zero-order valence-corrected chi connectivity index (χ0v) is 22.2. The number of methoxy groups -OCH3 is 1. The van der Waals surface area contributed by atoms with Gasteiger partial charge in [-0.05, 0) is 60.6 Å². The third-order valence-electron chi connectivity index (χ3n) is 5.57. The molecular formula is C25H24Cl2F3N3O3S. The molecule has 198 valence electrons. The van der Waals surface area contributed by atoms with Gasteiger partial charge in [0.1, 0.15) is 5.75 Å². The van der Waals surface area contributed by atoms with E-state index in [9.17, 15) is 21.6 Å². The van der Waals surface area contributed by atoms with Crippen LogP contribution in [0.4, 0.5) is 24.5 Å². The van der Waals surface area contributed by atoms with Crippen molar-refractivity contribution in [2.75, 3.05) is 19.5 Å². The molecule has 0 amide bonds. The normalized spacial score (nSPS) is 11.8. The Bertz CT molecular complexity index is 1520. The summed E-state index contributed by atoms with van der Waals surface area (Å²) in [6, 6.07) is 15.0. The van der Waals surface area contributed by atoms with Gasteiger partial charge in [0.25, 0.3) is 0 Å². The third kappa shape index (κ3) is 6.32. The lowest BCUT2D eigenvalue weighted by Crippen LogP contribution is -2.14. The summed E-state index contributed by atoms with van der Waals surface area (Å²) in [4.78, 5) is 0. The second kappa shape index (κ2) is 11.2. The Labute approximate surface area is 223 Å². The first-order chi connectivity index (χ1) is 17.0. The summed E-state index contributed by atoms with van der Waals surface area (Å²) in [6.07, 6.45) is -3.10. The summed E-state index contributed by atoms with van der Waals surface area (Å²) in [7, 11) is -0.645. The molecule has 0 aliphatic carbocycles. The molecule has 1 aromatic heterocycles. The summed E-state index contributed by atoms with van der Waals surface area (Å²) >= 11 is 5.78. The van der Waals surface area contributed by atoms with Gasteiger partial charge in [0.15, 0.2) is 0 Å². The third-order valence-corrected chi connectivity index (χ3v) is 7.41. The topological polar surface area (TPSA) is 72.4 Å². The molecule has 37 heavy (non-hydrogen) atoms. The van der Waals surface area contributed by atoms with E-state index in [1.54, 1.807) is 43.4 Å². The van der Waals surface area contributed by atoms with Crippen LogP contribution in [0.5, 0.6) is 5.75 Å². The zero-order chi connectivity index (χ0) is 26.1. The highest BCUT2D eigenvalue weighted by Gasteiger charge is 2.34. The first-order valence-electron chi connectivity index (χ1n) is 10.8. The molecule has 0 spiro atoms. The Morgan fingerprint density at radius 3 is 2.49 bits per heavy atom. The molecule has 0 saturated carbocycles. The fourth-order valence-corrected chi connectivity index (χ4v) is 5.61. The maximum atomic E-state index is 13.6. The largest absolute Gasteiger partial charge is 0.497 e. The Morgan fingerprint density at radius 2 is 1.81 bits per heavy atom. The molecular weight excluding hydrogens is 550 g/mol.